The van der Waals surface area contributed by atoms with E-state index in [0.29, 0.717) is 17.6 Å². The van der Waals surface area contributed by atoms with Crippen LogP contribution in [0.5, 0.6) is 0 Å². The van der Waals surface area contributed by atoms with Gasteiger partial charge in [-0.2, -0.15) is 0 Å². The monoisotopic (exact) mass is 320 g/mol. The first-order valence-corrected chi connectivity index (χ1v) is 6.54. The molecule has 0 aliphatic carbocycles. The molecule has 0 amide bonds. The van der Waals surface area contributed by atoms with Gasteiger partial charge < -0.3 is 15.0 Å². The fourth-order valence-corrected chi connectivity index (χ4v) is 2.32. The molecule has 1 aromatic rings. The van der Waals surface area contributed by atoms with E-state index in [0.717, 1.165) is 13.1 Å². The first kappa shape index (κ1) is 13.7. The Kier molecular flexibility index (Phi) is 4.53. The average Bonchev–Trinajstić information content (AvgIpc) is 2.27. The largest absolute Gasteiger partial charge is 0.378 e. The van der Waals surface area contributed by atoms with E-state index in [1.54, 1.807) is 0 Å². The van der Waals surface area contributed by atoms with Crippen molar-refractivity contribution < 1.29 is 13.5 Å². The van der Waals surface area contributed by atoms with E-state index in [-0.39, 0.29) is 11.8 Å². The second-order valence-corrected chi connectivity index (χ2v) is 5.30. The summed E-state index contributed by atoms with van der Waals surface area (Å²) < 4.78 is 33.0. The third-order valence-corrected chi connectivity index (χ3v) is 3.31. The number of nitrogens with one attached hydrogen (secondary N) is 1. The minimum Gasteiger partial charge on any atom is -0.378 e. The lowest BCUT2D eigenvalue weighted by molar-refractivity contribution is -0.0117. The normalized spacial score (nSPS) is 21.0. The molecule has 1 heterocycles. The summed E-state index contributed by atoms with van der Waals surface area (Å²) >= 11 is 3.04. The number of nitrogens with zero attached hydrogens (tertiary/aromatic N) is 1. The topological polar surface area (TPSA) is 24.5 Å². The zero-order chi connectivity index (χ0) is 13.1. The highest BCUT2D eigenvalue weighted by atomic mass is 79.9. The minimum atomic E-state index is -0.606. The number of hydrogen-bond acceptors (Lipinski definition) is 3. The summed E-state index contributed by atoms with van der Waals surface area (Å²) in [6, 6.07) is 2.47. The van der Waals surface area contributed by atoms with Crippen molar-refractivity contribution in [1.82, 2.24) is 4.90 Å². The number of morpholine rings is 1. The van der Waals surface area contributed by atoms with Gasteiger partial charge in [0.25, 0.3) is 0 Å². The molecule has 100 valence electrons. The molecule has 1 fully saturated rings. The Morgan fingerprint density at radius 3 is 2.72 bits per heavy atom. The van der Waals surface area contributed by atoms with Gasteiger partial charge in [-0.3, -0.25) is 0 Å². The number of benzene rings is 1. The van der Waals surface area contributed by atoms with Gasteiger partial charge in [-0.05, 0) is 19.2 Å². The van der Waals surface area contributed by atoms with E-state index >= 15 is 0 Å². The second kappa shape index (κ2) is 5.95. The van der Waals surface area contributed by atoms with Gasteiger partial charge >= 0.3 is 0 Å². The standard InChI is InChI=1S/C12H15BrF2N2O/c1-17-2-3-18-9(7-17)6-16-12-10(14)4-8(13)5-11(12)15/h4-5,9,16H,2-3,6-7H2,1H3. The highest BCUT2D eigenvalue weighted by molar-refractivity contribution is 9.10. The predicted molar refractivity (Wildman–Crippen MR) is 69.8 cm³/mol. The maximum absolute atomic E-state index is 13.6. The molecule has 0 spiro atoms. The predicted octanol–water partition coefficient (Wildman–Crippen LogP) is 2.47. The van der Waals surface area contributed by atoms with Crippen molar-refractivity contribution in [3.8, 4) is 0 Å². The minimum absolute atomic E-state index is 0.0498. The lowest BCUT2D eigenvalue weighted by atomic mass is 10.2. The molecule has 1 atom stereocenters. The molecule has 0 bridgehead atoms. The van der Waals surface area contributed by atoms with Crippen LogP contribution in [0.15, 0.2) is 16.6 Å². The maximum Gasteiger partial charge on any atom is 0.150 e. The van der Waals surface area contributed by atoms with Gasteiger partial charge in [0.1, 0.15) is 17.3 Å². The third-order valence-electron chi connectivity index (χ3n) is 2.86. The Balaban J connectivity index is 1.97. The summed E-state index contributed by atoms with van der Waals surface area (Å²) in [5.41, 5.74) is -0.102. The first-order chi connectivity index (χ1) is 8.56. The highest BCUT2D eigenvalue weighted by Gasteiger charge is 2.19. The zero-order valence-corrected chi connectivity index (χ0v) is 11.6. The van der Waals surface area contributed by atoms with Crippen LogP contribution < -0.4 is 5.32 Å². The van der Waals surface area contributed by atoms with Gasteiger partial charge in [0.15, 0.2) is 0 Å². The molecule has 6 heteroatoms. The summed E-state index contributed by atoms with van der Waals surface area (Å²) in [5.74, 6) is -1.21. The van der Waals surface area contributed by atoms with Gasteiger partial charge in [-0.15, -0.1) is 0 Å². The number of rotatable bonds is 3. The summed E-state index contributed by atoms with van der Waals surface area (Å²) in [7, 11) is 2.00. The molecule has 1 unspecified atom stereocenters. The van der Waals surface area contributed by atoms with E-state index in [4.69, 9.17) is 4.74 Å². The van der Waals surface area contributed by atoms with Crippen molar-refractivity contribution in [2.45, 2.75) is 6.10 Å². The quantitative estimate of drug-likeness (QED) is 0.926. The van der Waals surface area contributed by atoms with Crippen molar-refractivity contribution in [2.75, 3.05) is 38.6 Å². The van der Waals surface area contributed by atoms with Crippen LogP contribution in [0.3, 0.4) is 0 Å². The van der Waals surface area contributed by atoms with Gasteiger partial charge in [-0.25, -0.2) is 8.78 Å². The molecule has 1 aliphatic rings. The highest BCUT2D eigenvalue weighted by Crippen LogP contribution is 2.23. The summed E-state index contributed by atoms with van der Waals surface area (Å²) in [6.07, 6.45) is -0.0498. The molecule has 3 nitrogen and oxygen atoms in total. The molecule has 2 rings (SSSR count). The molecule has 0 aromatic heterocycles. The fraction of sp³-hybridized carbons (Fsp3) is 0.500. The molecule has 0 radical (unpaired) electrons. The van der Waals surface area contributed by atoms with E-state index in [2.05, 4.69) is 26.1 Å². The average molecular weight is 321 g/mol. The SMILES string of the molecule is CN1CCOC(CNc2c(F)cc(Br)cc2F)C1. The Bertz CT molecular complexity index is 408. The fourth-order valence-electron chi connectivity index (χ4n) is 1.92. The molecular formula is C12H15BrF2N2O. The lowest BCUT2D eigenvalue weighted by Crippen LogP contribution is -2.43. The van der Waals surface area contributed by atoms with Gasteiger partial charge in [0, 0.05) is 24.1 Å². The number of anilines is 1. The van der Waals surface area contributed by atoms with Gasteiger partial charge in [-0.1, -0.05) is 15.9 Å². The van der Waals surface area contributed by atoms with Crippen LogP contribution in [0.25, 0.3) is 0 Å². The van der Waals surface area contributed by atoms with Crippen molar-refractivity contribution in [3.05, 3.63) is 28.2 Å². The molecular weight excluding hydrogens is 306 g/mol. The summed E-state index contributed by atoms with van der Waals surface area (Å²) in [6.45, 7) is 2.68. The van der Waals surface area contributed by atoms with Crippen molar-refractivity contribution in [3.63, 3.8) is 0 Å². The van der Waals surface area contributed by atoms with Crippen molar-refractivity contribution >= 4 is 21.6 Å². The third kappa shape index (κ3) is 3.40. The summed E-state index contributed by atoms with van der Waals surface area (Å²) in [5, 5.41) is 2.78. The molecule has 18 heavy (non-hydrogen) atoms. The number of halogens is 3. The van der Waals surface area contributed by atoms with Crippen LogP contribution in [0.1, 0.15) is 0 Å². The Morgan fingerprint density at radius 1 is 1.44 bits per heavy atom. The Labute approximate surface area is 113 Å². The van der Waals surface area contributed by atoms with E-state index in [1.165, 1.54) is 12.1 Å². The van der Waals surface area contributed by atoms with Crippen LogP contribution in [-0.2, 0) is 4.74 Å². The van der Waals surface area contributed by atoms with Crippen LogP contribution >= 0.6 is 15.9 Å². The Morgan fingerprint density at radius 2 is 2.11 bits per heavy atom. The van der Waals surface area contributed by atoms with Gasteiger partial charge in [0.05, 0.1) is 12.7 Å². The van der Waals surface area contributed by atoms with Crippen LogP contribution in [0, 0.1) is 11.6 Å². The Hall–Kier alpha value is -0.720. The van der Waals surface area contributed by atoms with E-state index in [1.807, 2.05) is 7.05 Å². The molecule has 0 saturated carbocycles. The van der Waals surface area contributed by atoms with Crippen LogP contribution in [0.2, 0.25) is 0 Å². The number of likely N-dealkylation sites (N-methyl/N-ethyl adjacent to an activating group) is 1. The lowest BCUT2D eigenvalue weighted by Gasteiger charge is -2.30. The van der Waals surface area contributed by atoms with Gasteiger partial charge in [0.2, 0.25) is 0 Å². The molecule has 1 N–H and O–H groups in total. The molecule has 1 saturated heterocycles. The van der Waals surface area contributed by atoms with E-state index in [9.17, 15) is 8.78 Å². The van der Waals surface area contributed by atoms with E-state index < -0.39 is 11.6 Å². The van der Waals surface area contributed by atoms with Crippen LogP contribution in [0.4, 0.5) is 14.5 Å². The zero-order valence-electron chi connectivity index (χ0n) is 10.0. The number of ether oxygens (including phenoxy) is 1. The maximum atomic E-state index is 13.6. The van der Waals surface area contributed by atoms with Crippen molar-refractivity contribution in [2.24, 2.45) is 0 Å². The second-order valence-electron chi connectivity index (χ2n) is 4.38. The smallest absolute Gasteiger partial charge is 0.150 e. The molecule has 1 aliphatic heterocycles. The first-order valence-electron chi connectivity index (χ1n) is 5.75. The molecule has 1 aromatic carbocycles. The number of hydrogen-bond donors (Lipinski definition) is 1. The van der Waals surface area contributed by atoms with Crippen LogP contribution in [-0.4, -0.2) is 44.3 Å². The van der Waals surface area contributed by atoms with Crippen molar-refractivity contribution in [1.29, 1.82) is 0 Å². The summed E-state index contributed by atoms with van der Waals surface area (Å²) in [4.78, 5) is 2.13.